The van der Waals surface area contributed by atoms with Crippen LogP contribution in [0.4, 0.5) is 10.7 Å². The number of thiophene rings is 1. The molecule has 3 rings (SSSR count). The first kappa shape index (κ1) is 17.6. The molecule has 0 saturated heterocycles. The van der Waals surface area contributed by atoms with Crippen LogP contribution >= 0.6 is 11.3 Å². The predicted molar refractivity (Wildman–Crippen MR) is 102 cm³/mol. The van der Waals surface area contributed by atoms with Gasteiger partial charge in [0.1, 0.15) is 11.5 Å². The molecule has 0 aliphatic heterocycles. The average Bonchev–Trinajstić information content (AvgIpc) is 2.89. The number of nitrogens with one attached hydrogen (secondary N) is 1. The molecular formula is C19H24N2O3S. The smallest absolute Gasteiger partial charge is 0.259 e. The average molecular weight is 360 g/mol. The number of nitrogen functional groups attached to an aromatic ring is 1. The number of ether oxygens (including phenoxy) is 2. The lowest BCUT2D eigenvalue weighted by molar-refractivity contribution is 0.102. The highest BCUT2D eigenvalue weighted by Crippen LogP contribution is 2.36. The fraction of sp³-hybridized carbons (Fsp3) is 0.421. The van der Waals surface area contributed by atoms with Gasteiger partial charge in [0.2, 0.25) is 0 Å². The van der Waals surface area contributed by atoms with E-state index in [2.05, 4.69) is 5.32 Å². The van der Waals surface area contributed by atoms with E-state index < -0.39 is 0 Å². The molecule has 1 aromatic heterocycles. The number of fused-ring (bicyclic) bond motifs is 1. The molecule has 2 aromatic rings. The van der Waals surface area contributed by atoms with E-state index in [1.54, 1.807) is 43.8 Å². The Morgan fingerprint density at radius 3 is 2.60 bits per heavy atom. The van der Waals surface area contributed by atoms with Crippen molar-refractivity contribution in [3.63, 3.8) is 0 Å². The number of rotatable bonds is 4. The molecule has 0 unspecified atom stereocenters. The Kier molecular flexibility index (Phi) is 5.48. The fourth-order valence-corrected chi connectivity index (χ4v) is 4.44. The summed E-state index contributed by atoms with van der Waals surface area (Å²) in [5, 5.41) is 3.55. The normalized spacial score (nSPS) is 14.2. The molecule has 134 valence electrons. The van der Waals surface area contributed by atoms with Crippen molar-refractivity contribution in [1.29, 1.82) is 0 Å². The van der Waals surface area contributed by atoms with Gasteiger partial charge in [-0.2, -0.15) is 0 Å². The molecule has 0 spiro atoms. The minimum absolute atomic E-state index is 0.179. The number of methoxy groups -OCH3 is 2. The third-order valence-electron chi connectivity index (χ3n) is 4.58. The number of amides is 1. The fourth-order valence-electron chi connectivity index (χ4n) is 3.29. The number of anilines is 2. The quantitative estimate of drug-likeness (QED) is 0.854. The number of carbonyl (C=O) groups excluding carboxylic acids is 1. The SMILES string of the molecule is COc1ccc(OC)c(NC(=O)c2c(N)sc3c2CCCCCC3)c1. The maximum absolute atomic E-state index is 13.0. The van der Waals surface area contributed by atoms with Gasteiger partial charge in [-0.15, -0.1) is 11.3 Å². The lowest BCUT2D eigenvalue weighted by Gasteiger charge is -2.14. The summed E-state index contributed by atoms with van der Waals surface area (Å²) in [5.74, 6) is 1.07. The summed E-state index contributed by atoms with van der Waals surface area (Å²) < 4.78 is 10.6. The predicted octanol–water partition coefficient (Wildman–Crippen LogP) is 4.26. The van der Waals surface area contributed by atoms with E-state index >= 15 is 0 Å². The maximum Gasteiger partial charge on any atom is 0.259 e. The third-order valence-corrected chi connectivity index (χ3v) is 5.70. The van der Waals surface area contributed by atoms with Crippen LogP contribution in [0.15, 0.2) is 18.2 Å². The van der Waals surface area contributed by atoms with Gasteiger partial charge >= 0.3 is 0 Å². The highest BCUT2D eigenvalue weighted by molar-refractivity contribution is 7.16. The zero-order valence-electron chi connectivity index (χ0n) is 14.7. The molecule has 0 fully saturated rings. The lowest BCUT2D eigenvalue weighted by Crippen LogP contribution is -2.16. The van der Waals surface area contributed by atoms with E-state index in [4.69, 9.17) is 15.2 Å². The highest BCUT2D eigenvalue weighted by Gasteiger charge is 2.23. The zero-order chi connectivity index (χ0) is 17.8. The summed E-state index contributed by atoms with van der Waals surface area (Å²) in [6.07, 6.45) is 6.66. The number of aryl methyl sites for hydroxylation is 1. The van der Waals surface area contributed by atoms with Gasteiger partial charge in [-0.05, 0) is 43.4 Å². The van der Waals surface area contributed by atoms with Crippen molar-refractivity contribution in [2.45, 2.75) is 38.5 Å². The van der Waals surface area contributed by atoms with Crippen LogP contribution in [0.3, 0.4) is 0 Å². The molecule has 1 amide bonds. The molecule has 0 atom stereocenters. The largest absolute Gasteiger partial charge is 0.497 e. The Bertz CT molecular complexity index is 770. The molecule has 6 heteroatoms. The molecule has 0 bridgehead atoms. The van der Waals surface area contributed by atoms with Crippen LogP contribution in [0.5, 0.6) is 11.5 Å². The Labute approximate surface area is 152 Å². The standard InChI is InChI=1S/C19H24N2O3S/c1-23-12-9-10-15(24-2)14(11-12)21-19(22)17-13-7-5-3-4-6-8-16(13)25-18(17)20/h9-11H,3-8,20H2,1-2H3,(H,21,22). The van der Waals surface area contributed by atoms with Gasteiger partial charge in [-0.1, -0.05) is 12.8 Å². The molecule has 0 saturated carbocycles. The number of nitrogens with two attached hydrogens (primary N) is 1. The minimum atomic E-state index is -0.179. The second-order valence-corrected chi connectivity index (χ2v) is 7.31. The monoisotopic (exact) mass is 360 g/mol. The van der Waals surface area contributed by atoms with E-state index in [0.717, 1.165) is 31.2 Å². The summed E-state index contributed by atoms with van der Waals surface area (Å²) in [6, 6.07) is 5.32. The van der Waals surface area contributed by atoms with Crippen LogP contribution in [0.1, 0.15) is 46.5 Å². The Morgan fingerprint density at radius 1 is 1.12 bits per heavy atom. The second kappa shape index (κ2) is 7.78. The van der Waals surface area contributed by atoms with Gasteiger partial charge in [0.15, 0.2) is 0 Å². The van der Waals surface area contributed by atoms with Crippen molar-refractivity contribution < 1.29 is 14.3 Å². The molecular weight excluding hydrogens is 336 g/mol. The summed E-state index contributed by atoms with van der Waals surface area (Å²) in [5.41, 5.74) is 8.54. The summed E-state index contributed by atoms with van der Waals surface area (Å²) >= 11 is 1.56. The minimum Gasteiger partial charge on any atom is -0.497 e. The zero-order valence-corrected chi connectivity index (χ0v) is 15.5. The third kappa shape index (κ3) is 3.74. The van der Waals surface area contributed by atoms with Gasteiger partial charge in [-0.25, -0.2) is 0 Å². The molecule has 1 aromatic carbocycles. The van der Waals surface area contributed by atoms with E-state index in [1.165, 1.54) is 17.7 Å². The highest BCUT2D eigenvalue weighted by atomic mass is 32.1. The molecule has 25 heavy (non-hydrogen) atoms. The van der Waals surface area contributed by atoms with Crippen molar-refractivity contribution in [3.8, 4) is 11.5 Å². The molecule has 1 heterocycles. The number of hydrogen-bond acceptors (Lipinski definition) is 5. The Balaban J connectivity index is 1.92. The van der Waals surface area contributed by atoms with Crippen LogP contribution in [-0.4, -0.2) is 20.1 Å². The van der Waals surface area contributed by atoms with Crippen LogP contribution in [-0.2, 0) is 12.8 Å². The first-order chi connectivity index (χ1) is 12.1. The number of benzene rings is 1. The number of hydrogen-bond donors (Lipinski definition) is 2. The van der Waals surface area contributed by atoms with Gasteiger partial charge in [0.05, 0.1) is 30.5 Å². The molecule has 1 aliphatic rings. The molecule has 1 aliphatic carbocycles. The molecule has 0 radical (unpaired) electrons. The van der Waals surface area contributed by atoms with Crippen LogP contribution < -0.4 is 20.5 Å². The second-order valence-electron chi connectivity index (χ2n) is 6.18. The lowest BCUT2D eigenvalue weighted by atomic mass is 9.96. The number of carbonyl (C=O) groups is 1. The van der Waals surface area contributed by atoms with Crippen LogP contribution in [0.2, 0.25) is 0 Å². The van der Waals surface area contributed by atoms with Gasteiger partial charge < -0.3 is 20.5 Å². The first-order valence-electron chi connectivity index (χ1n) is 8.57. The van der Waals surface area contributed by atoms with Crippen molar-refractivity contribution in [2.24, 2.45) is 0 Å². The van der Waals surface area contributed by atoms with E-state index in [0.29, 0.717) is 27.8 Å². The first-order valence-corrected chi connectivity index (χ1v) is 9.39. The summed E-state index contributed by atoms with van der Waals surface area (Å²) in [4.78, 5) is 14.2. The Morgan fingerprint density at radius 2 is 1.88 bits per heavy atom. The van der Waals surface area contributed by atoms with E-state index in [1.807, 2.05) is 0 Å². The maximum atomic E-state index is 13.0. The van der Waals surface area contributed by atoms with Gasteiger partial charge in [0.25, 0.3) is 5.91 Å². The van der Waals surface area contributed by atoms with Crippen molar-refractivity contribution in [2.75, 3.05) is 25.3 Å². The van der Waals surface area contributed by atoms with Crippen LogP contribution in [0.25, 0.3) is 0 Å². The van der Waals surface area contributed by atoms with E-state index in [-0.39, 0.29) is 5.91 Å². The summed E-state index contributed by atoms with van der Waals surface area (Å²) in [7, 11) is 3.17. The van der Waals surface area contributed by atoms with Crippen molar-refractivity contribution >= 4 is 27.9 Å². The van der Waals surface area contributed by atoms with Crippen molar-refractivity contribution in [3.05, 3.63) is 34.2 Å². The van der Waals surface area contributed by atoms with Gasteiger partial charge in [-0.3, -0.25) is 4.79 Å². The molecule has 3 N–H and O–H groups in total. The van der Waals surface area contributed by atoms with Crippen LogP contribution in [0, 0.1) is 0 Å². The summed E-state index contributed by atoms with van der Waals surface area (Å²) in [6.45, 7) is 0. The van der Waals surface area contributed by atoms with E-state index in [9.17, 15) is 4.79 Å². The molecule has 5 nitrogen and oxygen atoms in total. The van der Waals surface area contributed by atoms with Crippen molar-refractivity contribution in [1.82, 2.24) is 0 Å². The van der Waals surface area contributed by atoms with Gasteiger partial charge in [0, 0.05) is 10.9 Å². The topological polar surface area (TPSA) is 73.6 Å². The Hall–Kier alpha value is -2.21.